The largest absolute Gasteiger partial charge is 0.432 e. The van der Waals surface area contributed by atoms with Gasteiger partial charge in [0.1, 0.15) is 5.52 Å². The molecule has 0 saturated heterocycles. The normalized spacial score (nSPS) is 10.3. The Hall–Kier alpha value is -1.91. The number of nitro groups is 1. The molecule has 0 amide bonds. The molecule has 0 bridgehead atoms. The van der Waals surface area contributed by atoms with E-state index in [0.717, 1.165) is 0 Å². The Morgan fingerprint density at radius 2 is 2.42 bits per heavy atom. The van der Waals surface area contributed by atoms with Crippen molar-refractivity contribution in [2.45, 2.75) is 0 Å². The van der Waals surface area contributed by atoms with E-state index in [0.29, 0.717) is 11.1 Å². The Bertz CT molecular complexity index is 435. The molecule has 59 valence electrons. The lowest BCUT2D eigenvalue weighted by Gasteiger charge is -1.88. The van der Waals surface area contributed by atoms with E-state index < -0.39 is 4.92 Å². The van der Waals surface area contributed by atoms with E-state index in [-0.39, 0.29) is 5.69 Å². The highest BCUT2D eigenvalue weighted by atomic mass is 16.6. The second kappa shape index (κ2) is 2.30. The zero-order valence-electron chi connectivity index (χ0n) is 5.85. The fourth-order valence-corrected chi connectivity index (χ4v) is 0.914. The van der Waals surface area contributed by atoms with Gasteiger partial charge in [-0.25, -0.2) is 4.98 Å². The number of fused-ring (bicyclic) bond motifs is 1. The van der Waals surface area contributed by atoms with E-state index in [4.69, 9.17) is 4.42 Å². The first-order chi connectivity index (χ1) is 5.77. The van der Waals surface area contributed by atoms with Gasteiger partial charge in [0.25, 0.3) is 12.1 Å². The van der Waals surface area contributed by atoms with Crippen molar-refractivity contribution in [3.05, 3.63) is 34.7 Å². The number of benzene rings is 1. The van der Waals surface area contributed by atoms with Gasteiger partial charge in [0, 0.05) is 12.1 Å². The third-order valence-corrected chi connectivity index (χ3v) is 1.48. The van der Waals surface area contributed by atoms with Crippen LogP contribution in [0.25, 0.3) is 11.1 Å². The summed E-state index contributed by atoms with van der Waals surface area (Å²) in [5.41, 5.74) is 0.953. The second-order valence-electron chi connectivity index (χ2n) is 2.21. The van der Waals surface area contributed by atoms with Crippen LogP contribution in [0.4, 0.5) is 5.69 Å². The lowest BCUT2D eigenvalue weighted by atomic mass is 10.3. The molecule has 0 aliphatic heterocycles. The summed E-state index contributed by atoms with van der Waals surface area (Å²) in [6.45, 7) is 0. The minimum atomic E-state index is -0.478. The minimum absolute atomic E-state index is 0.00444. The van der Waals surface area contributed by atoms with Gasteiger partial charge >= 0.3 is 0 Å². The molecule has 1 heterocycles. The summed E-state index contributed by atoms with van der Waals surface area (Å²) in [4.78, 5) is 13.5. The average Bonchev–Trinajstić information content (AvgIpc) is 2.49. The van der Waals surface area contributed by atoms with Crippen molar-refractivity contribution in [3.8, 4) is 0 Å². The Kier molecular flexibility index (Phi) is 1.30. The van der Waals surface area contributed by atoms with Crippen LogP contribution in [0.1, 0.15) is 0 Å². The van der Waals surface area contributed by atoms with Gasteiger partial charge in [-0.15, -0.1) is 0 Å². The van der Waals surface area contributed by atoms with Crippen molar-refractivity contribution < 1.29 is 9.34 Å². The molecule has 0 aliphatic carbocycles. The number of hydrogen-bond donors (Lipinski definition) is 0. The van der Waals surface area contributed by atoms with E-state index >= 15 is 0 Å². The van der Waals surface area contributed by atoms with Crippen LogP contribution in [0.15, 0.2) is 22.6 Å². The van der Waals surface area contributed by atoms with Gasteiger partial charge in [0.15, 0.2) is 5.58 Å². The Morgan fingerprint density at radius 1 is 1.58 bits per heavy atom. The molecule has 5 nitrogen and oxygen atoms in total. The molecule has 1 radical (unpaired) electrons. The van der Waals surface area contributed by atoms with Crippen molar-refractivity contribution in [2.75, 3.05) is 0 Å². The summed E-state index contributed by atoms with van der Waals surface area (Å²) in [6.07, 6.45) is 2.26. The van der Waals surface area contributed by atoms with E-state index in [1.54, 1.807) is 0 Å². The summed E-state index contributed by atoms with van der Waals surface area (Å²) in [7, 11) is 0. The van der Waals surface area contributed by atoms with E-state index in [2.05, 4.69) is 11.4 Å². The molecule has 1 aromatic heterocycles. The van der Waals surface area contributed by atoms with Crippen LogP contribution in [0, 0.1) is 16.5 Å². The molecule has 0 unspecified atom stereocenters. The van der Waals surface area contributed by atoms with Gasteiger partial charge < -0.3 is 4.42 Å². The zero-order valence-corrected chi connectivity index (χ0v) is 5.85. The van der Waals surface area contributed by atoms with Crippen LogP contribution in [0.5, 0.6) is 0 Å². The van der Waals surface area contributed by atoms with Gasteiger partial charge in [0.05, 0.1) is 4.92 Å². The summed E-state index contributed by atoms with van der Waals surface area (Å²) in [6, 6.07) is 4.20. The lowest BCUT2D eigenvalue weighted by molar-refractivity contribution is -0.384. The molecule has 0 atom stereocenters. The van der Waals surface area contributed by atoms with Crippen molar-refractivity contribution in [2.24, 2.45) is 0 Å². The molecule has 0 saturated carbocycles. The average molecular weight is 163 g/mol. The molecule has 1 aromatic carbocycles. The highest BCUT2D eigenvalue weighted by Gasteiger charge is 2.07. The summed E-state index contributed by atoms with van der Waals surface area (Å²) >= 11 is 0. The Labute approximate surface area is 66.8 Å². The molecule has 0 fully saturated rings. The quantitative estimate of drug-likeness (QED) is 0.472. The van der Waals surface area contributed by atoms with Crippen LogP contribution in [0.2, 0.25) is 0 Å². The van der Waals surface area contributed by atoms with Crippen molar-refractivity contribution in [1.82, 2.24) is 4.98 Å². The number of oxazole rings is 1. The molecule has 2 rings (SSSR count). The number of rotatable bonds is 1. The van der Waals surface area contributed by atoms with Gasteiger partial charge in [-0.05, 0) is 6.07 Å². The maximum absolute atomic E-state index is 10.3. The predicted octanol–water partition coefficient (Wildman–Crippen LogP) is 1.54. The second-order valence-corrected chi connectivity index (χ2v) is 2.21. The van der Waals surface area contributed by atoms with Crippen LogP contribution < -0.4 is 0 Å². The predicted molar refractivity (Wildman–Crippen MR) is 39.5 cm³/mol. The third-order valence-electron chi connectivity index (χ3n) is 1.48. The van der Waals surface area contributed by atoms with Gasteiger partial charge in [-0.1, -0.05) is 0 Å². The first-order valence-corrected chi connectivity index (χ1v) is 3.18. The van der Waals surface area contributed by atoms with Crippen molar-refractivity contribution in [3.63, 3.8) is 0 Å². The molecule has 0 aliphatic rings. The maximum atomic E-state index is 10.3. The Morgan fingerprint density at radius 3 is 3.17 bits per heavy atom. The molecular weight excluding hydrogens is 160 g/mol. The smallest absolute Gasteiger partial charge is 0.284 e. The van der Waals surface area contributed by atoms with Gasteiger partial charge in [0.2, 0.25) is 0 Å². The van der Waals surface area contributed by atoms with Crippen molar-refractivity contribution >= 4 is 16.8 Å². The first kappa shape index (κ1) is 6.78. The minimum Gasteiger partial charge on any atom is -0.432 e. The topological polar surface area (TPSA) is 69.2 Å². The molecule has 12 heavy (non-hydrogen) atoms. The van der Waals surface area contributed by atoms with Crippen LogP contribution in [-0.4, -0.2) is 9.91 Å². The van der Waals surface area contributed by atoms with E-state index in [1.807, 2.05) is 0 Å². The van der Waals surface area contributed by atoms with E-state index in [1.165, 1.54) is 18.2 Å². The van der Waals surface area contributed by atoms with Crippen molar-refractivity contribution in [1.29, 1.82) is 0 Å². The number of aromatic nitrogens is 1. The van der Waals surface area contributed by atoms with Crippen LogP contribution in [0.3, 0.4) is 0 Å². The summed E-state index contributed by atoms with van der Waals surface area (Å²) in [5.74, 6) is 0. The number of nitro benzene ring substituents is 1. The van der Waals surface area contributed by atoms with Gasteiger partial charge in [-0.2, -0.15) is 0 Å². The number of hydrogen-bond acceptors (Lipinski definition) is 4. The number of non-ortho nitro benzene ring substituents is 1. The number of nitrogens with zero attached hydrogens (tertiary/aromatic N) is 2. The monoisotopic (exact) mass is 163 g/mol. The van der Waals surface area contributed by atoms with Gasteiger partial charge in [-0.3, -0.25) is 10.1 Å². The molecular formula is C7H3N2O3. The molecule has 5 heteroatoms. The molecule has 2 aromatic rings. The zero-order chi connectivity index (χ0) is 8.55. The van der Waals surface area contributed by atoms with E-state index in [9.17, 15) is 10.1 Å². The fourth-order valence-electron chi connectivity index (χ4n) is 0.914. The maximum Gasteiger partial charge on any atom is 0.284 e. The van der Waals surface area contributed by atoms with Crippen LogP contribution in [-0.2, 0) is 0 Å². The standard InChI is InChI=1S/C7H3N2O3/c10-9(11)5-1-2-7-6(3-5)8-4-12-7/h1-3H. The fraction of sp³-hybridized carbons (Fsp3) is 0. The molecule has 0 N–H and O–H groups in total. The lowest BCUT2D eigenvalue weighted by Crippen LogP contribution is -1.86. The van der Waals surface area contributed by atoms with Crippen LogP contribution >= 0.6 is 0 Å². The first-order valence-electron chi connectivity index (χ1n) is 3.18. The highest BCUT2D eigenvalue weighted by molar-refractivity contribution is 5.74. The Balaban J connectivity index is 2.68. The SMILES string of the molecule is O=[N+]([O-])c1ccc2o[c]nc2c1. The summed E-state index contributed by atoms with van der Waals surface area (Å²) in [5, 5.41) is 10.3. The third kappa shape index (κ3) is 0.914. The molecule has 0 spiro atoms. The highest BCUT2D eigenvalue weighted by Crippen LogP contribution is 2.18. The summed E-state index contributed by atoms with van der Waals surface area (Å²) < 4.78 is 4.79.